The second-order valence-corrected chi connectivity index (χ2v) is 4.60. The van der Waals surface area contributed by atoms with Crippen LogP contribution in [0.2, 0.25) is 0 Å². The van der Waals surface area contributed by atoms with Gasteiger partial charge in [-0.2, -0.15) is 0 Å². The summed E-state index contributed by atoms with van der Waals surface area (Å²) >= 11 is 8.85. The molecule has 0 aliphatic rings. The van der Waals surface area contributed by atoms with Gasteiger partial charge in [0.2, 0.25) is 5.24 Å². The summed E-state index contributed by atoms with van der Waals surface area (Å²) in [4.78, 5) is 11.0. The van der Waals surface area contributed by atoms with E-state index in [4.69, 9.17) is 11.6 Å². The molecule has 0 fully saturated rings. The van der Waals surface area contributed by atoms with E-state index in [-0.39, 0.29) is 5.24 Å². The maximum Gasteiger partial charge on any atom is 0.238 e. The van der Waals surface area contributed by atoms with Crippen molar-refractivity contribution in [2.75, 3.05) is 0 Å². The van der Waals surface area contributed by atoms with Crippen LogP contribution in [0.1, 0.15) is 39.5 Å². The highest BCUT2D eigenvalue weighted by molar-refractivity contribution is 9.10. The fraction of sp³-hybridized carbons (Fsp3) is 0.875. The van der Waals surface area contributed by atoms with Gasteiger partial charge in [0.1, 0.15) is 0 Å². The molecule has 0 aromatic rings. The molecule has 0 radical (unpaired) electrons. The summed E-state index contributed by atoms with van der Waals surface area (Å²) < 4.78 is -0.460. The molecule has 0 atom stereocenters. The summed E-state index contributed by atoms with van der Waals surface area (Å²) in [6, 6.07) is 0. The molecule has 3 heteroatoms. The molecule has 0 amide bonds. The lowest BCUT2D eigenvalue weighted by atomic mass is 10.00. The van der Waals surface area contributed by atoms with Crippen LogP contribution >= 0.6 is 27.5 Å². The molecule has 0 bridgehead atoms. The normalized spacial score (nSPS) is 11.6. The summed E-state index contributed by atoms with van der Waals surface area (Å²) in [6.45, 7) is 4.09. The fourth-order valence-corrected chi connectivity index (χ4v) is 2.10. The van der Waals surface area contributed by atoms with Crippen molar-refractivity contribution in [1.82, 2.24) is 0 Å². The Morgan fingerprint density at radius 3 is 1.91 bits per heavy atom. The average molecular weight is 242 g/mol. The summed E-state index contributed by atoms with van der Waals surface area (Å²) in [6.07, 6.45) is 3.60. The van der Waals surface area contributed by atoms with Crippen molar-refractivity contribution < 1.29 is 4.79 Å². The summed E-state index contributed by atoms with van der Waals surface area (Å²) in [5.74, 6) is 0. The van der Waals surface area contributed by atoms with Crippen molar-refractivity contribution in [3.05, 3.63) is 0 Å². The topological polar surface area (TPSA) is 17.1 Å². The predicted octanol–water partition coefficient (Wildman–Crippen LogP) is 3.49. The van der Waals surface area contributed by atoms with E-state index in [2.05, 4.69) is 15.9 Å². The molecule has 0 saturated carbocycles. The van der Waals surface area contributed by atoms with Gasteiger partial charge in [-0.15, -0.1) is 0 Å². The minimum atomic E-state index is -0.460. The van der Waals surface area contributed by atoms with Crippen molar-refractivity contribution in [3.8, 4) is 0 Å². The van der Waals surface area contributed by atoms with Crippen molar-refractivity contribution >= 4 is 32.8 Å². The van der Waals surface area contributed by atoms with Crippen molar-refractivity contribution in [2.45, 2.75) is 43.9 Å². The first kappa shape index (κ1) is 11.4. The van der Waals surface area contributed by atoms with Crippen molar-refractivity contribution in [2.24, 2.45) is 0 Å². The van der Waals surface area contributed by atoms with Crippen LogP contribution in [0.15, 0.2) is 0 Å². The van der Waals surface area contributed by atoms with E-state index in [0.717, 1.165) is 25.7 Å². The maximum atomic E-state index is 11.0. The molecule has 0 aliphatic carbocycles. The van der Waals surface area contributed by atoms with Crippen LogP contribution in [0.3, 0.4) is 0 Å². The van der Waals surface area contributed by atoms with Gasteiger partial charge in [-0.1, -0.05) is 42.6 Å². The molecule has 0 heterocycles. The van der Waals surface area contributed by atoms with Gasteiger partial charge in [0.05, 0.1) is 4.32 Å². The average Bonchev–Trinajstić information content (AvgIpc) is 1.88. The first-order valence-electron chi connectivity index (χ1n) is 3.95. The number of alkyl halides is 1. The number of hydrogen-bond acceptors (Lipinski definition) is 1. The molecule has 0 spiro atoms. The lowest BCUT2D eigenvalue weighted by Crippen LogP contribution is -2.27. The summed E-state index contributed by atoms with van der Waals surface area (Å²) in [5, 5.41) is -0.263. The van der Waals surface area contributed by atoms with Crippen LogP contribution in [0.4, 0.5) is 0 Å². The number of carbonyl (C=O) groups excluding carboxylic acids is 1. The van der Waals surface area contributed by atoms with Crippen LogP contribution in [0.5, 0.6) is 0 Å². The van der Waals surface area contributed by atoms with E-state index in [1.165, 1.54) is 0 Å². The van der Waals surface area contributed by atoms with Crippen molar-refractivity contribution in [1.29, 1.82) is 0 Å². The molecule has 0 N–H and O–H groups in total. The SMILES string of the molecule is CCCC(Br)(CCC)C(=O)Cl. The second-order valence-electron chi connectivity index (χ2n) is 2.74. The first-order valence-corrected chi connectivity index (χ1v) is 5.12. The smallest absolute Gasteiger partial charge is 0.238 e. The Hall–Kier alpha value is 0.440. The Kier molecular flexibility index (Phi) is 5.36. The van der Waals surface area contributed by atoms with E-state index in [1.54, 1.807) is 0 Å². The fourth-order valence-electron chi connectivity index (χ4n) is 1.11. The lowest BCUT2D eigenvalue weighted by Gasteiger charge is -2.21. The Morgan fingerprint density at radius 2 is 1.73 bits per heavy atom. The van der Waals surface area contributed by atoms with Gasteiger partial charge in [0.25, 0.3) is 0 Å². The molecule has 0 rings (SSSR count). The molecule has 0 saturated heterocycles. The quantitative estimate of drug-likeness (QED) is 0.532. The van der Waals surface area contributed by atoms with Crippen LogP contribution in [0, 0.1) is 0 Å². The van der Waals surface area contributed by atoms with Gasteiger partial charge >= 0.3 is 0 Å². The molecular formula is C8H14BrClO. The van der Waals surface area contributed by atoms with Crippen LogP contribution in [-0.4, -0.2) is 9.57 Å². The van der Waals surface area contributed by atoms with Gasteiger partial charge < -0.3 is 0 Å². The van der Waals surface area contributed by atoms with E-state index in [1.807, 2.05) is 13.8 Å². The zero-order valence-electron chi connectivity index (χ0n) is 6.99. The largest absolute Gasteiger partial charge is 0.280 e. The first-order chi connectivity index (χ1) is 5.06. The predicted molar refractivity (Wildman–Crippen MR) is 52.3 cm³/mol. The van der Waals surface area contributed by atoms with Gasteiger partial charge in [0, 0.05) is 0 Å². The van der Waals surface area contributed by atoms with E-state index < -0.39 is 4.32 Å². The minimum Gasteiger partial charge on any atom is -0.280 e. The molecular weight excluding hydrogens is 227 g/mol. The second kappa shape index (κ2) is 5.15. The van der Waals surface area contributed by atoms with Gasteiger partial charge in [-0.3, -0.25) is 4.79 Å². The Morgan fingerprint density at radius 1 is 1.36 bits per heavy atom. The highest BCUT2D eigenvalue weighted by Gasteiger charge is 2.31. The summed E-state index contributed by atoms with van der Waals surface area (Å²) in [5.41, 5.74) is 0. The molecule has 0 aromatic heterocycles. The molecule has 0 unspecified atom stereocenters. The molecule has 0 aliphatic heterocycles. The standard InChI is InChI=1S/C8H14BrClO/c1-3-5-8(9,6-4-2)7(10)11/h3-6H2,1-2H3. The third-order valence-electron chi connectivity index (χ3n) is 1.64. The Bertz CT molecular complexity index is 130. The summed E-state index contributed by atoms with van der Waals surface area (Å²) in [7, 11) is 0. The Balaban J connectivity index is 4.13. The van der Waals surface area contributed by atoms with Gasteiger partial charge in [0.15, 0.2) is 0 Å². The monoisotopic (exact) mass is 240 g/mol. The lowest BCUT2D eigenvalue weighted by molar-refractivity contribution is -0.113. The number of halogens is 2. The zero-order valence-corrected chi connectivity index (χ0v) is 9.33. The highest BCUT2D eigenvalue weighted by atomic mass is 79.9. The highest BCUT2D eigenvalue weighted by Crippen LogP contribution is 2.32. The van der Waals surface area contributed by atoms with Crippen LogP contribution in [-0.2, 0) is 4.79 Å². The molecule has 66 valence electrons. The minimum absolute atomic E-state index is 0.263. The molecule has 1 nitrogen and oxygen atoms in total. The van der Waals surface area contributed by atoms with Crippen molar-refractivity contribution in [3.63, 3.8) is 0 Å². The third kappa shape index (κ3) is 3.57. The third-order valence-corrected chi connectivity index (χ3v) is 3.39. The van der Waals surface area contributed by atoms with E-state index in [0.29, 0.717) is 0 Å². The Labute approximate surface area is 81.6 Å². The van der Waals surface area contributed by atoms with Crippen LogP contribution in [0.25, 0.3) is 0 Å². The van der Waals surface area contributed by atoms with E-state index in [9.17, 15) is 4.79 Å². The van der Waals surface area contributed by atoms with Crippen LogP contribution < -0.4 is 0 Å². The van der Waals surface area contributed by atoms with E-state index >= 15 is 0 Å². The maximum absolute atomic E-state index is 11.0. The number of hydrogen-bond donors (Lipinski definition) is 0. The number of carbonyl (C=O) groups is 1. The van der Waals surface area contributed by atoms with Gasteiger partial charge in [-0.25, -0.2) is 0 Å². The van der Waals surface area contributed by atoms with Gasteiger partial charge in [-0.05, 0) is 24.4 Å². The zero-order chi connectivity index (χ0) is 8.91. The number of rotatable bonds is 5. The molecule has 11 heavy (non-hydrogen) atoms. The molecule has 0 aromatic carbocycles.